The van der Waals surface area contributed by atoms with Gasteiger partial charge in [0.15, 0.2) is 0 Å². The maximum atomic E-state index is 10.9. The zero-order chi connectivity index (χ0) is 10.9. The van der Waals surface area contributed by atoms with Crippen LogP contribution in [0, 0.1) is 5.92 Å². The molecule has 1 aliphatic heterocycles. The van der Waals surface area contributed by atoms with Crippen molar-refractivity contribution in [1.82, 2.24) is 0 Å². The molecule has 2 amide bonds. The monoisotopic (exact) mass is 232 g/mol. The molecule has 0 atom stereocenters. The summed E-state index contributed by atoms with van der Waals surface area (Å²) in [6.45, 7) is 4.16. The number of primary amides is 2. The molecule has 0 saturated carbocycles. The second kappa shape index (κ2) is 4.27. The number of thioether (sulfide) groups is 2. The number of amides is 2. The lowest BCUT2D eigenvalue weighted by Gasteiger charge is -2.31. The highest BCUT2D eigenvalue weighted by Crippen LogP contribution is 2.55. The molecule has 4 N–H and O–H groups in total. The average molecular weight is 232 g/mol. The normalized spacial score (nSPS) is 20.5. The van der Waals surface area contributed by atoms with Crippen LogP contribution in [0.3, 0.4) is 0 Å². The highest BCUT2D eigenvalue weighted by molar-refractivity contribution is 8.38. The van der Waals surface area contributed by atoms with Crippen LogP contribution in [-0.2, 0) is 9.59 Å². The van der Waals surface area contributed by atoms with E-state index in [-0.39, 0.29) is 5.57 Å². The first-order valence-corrected chi connectivity index (χ1v) is 5.86. The Labute approximate surface area is 90.8 Å². The van der Waals surface area contributed by atoms with Crippen molar-refractivity contribution in [2.45, 2.75) is 18.4 Å². The maximum absolute atomic E-state index is 10.9. The van der Waals surface area contributed by atoms with Crippen molar-refractivity contribution in [3.8, 4) is 0 Å². The van der Waals surface area contributed by atoms with E-state index >= 15 is 0 Å². The molecular formula is C8H12N2O2S2. The minimum atomic E-state index is -0.741. The highest BCUT2D eigenvalue weighted by Gasteiger charge is 2.33. The Morgan fingerprint density at radius 3 is 1.93 bits per heavy atom. The van der Waals surface area contributed by atoms with Crippen LogP contribution in [0.4, 0.5) is 0 Å². The van der Waals surface area contributed by atoms with Gasteiger partial charge in [0.2, 0.25) is 0 Å². The van der Waals surface area contributed by atoms with Crippen LogP contribution < -0.4 is 11.5 Å². The zero-order valence-electron chi connectivity index (χ0n) is 7.94. The van der Waals surface area contributed by atoms with E-state index in [1.165, 1.54) is 23.5 Å². The van der Waals surface area contributed by atoms with E-state index in [1.54, 1.807) is 0 Å². The summed E-state index contributed by atoms with van der Waals surface area (Å²) in [5.74, 6) is -0.986. The molecule has 1 heterocycles. The predicted molar refractivity (Wildman–Crippen MR) is 59.2 cm³/mol. The molecule has 0 aromatic heterocycles. The number of hydrogen-bond donors (Lipinski definition) is 2. The summed E-state index contributed by atoms with van der Waals surface area (Å²) in [6.07, 6.45) is 0. The van der Waals surface area contributed by atoms with Crippen LogP contribution in [0.15, 0.2) is 9.81 Å². The number of carbonyl (C=O) groups is 2. The maximum Gasteiger partial charge on any atom is 0.255 e. The molecule has 0 aliphatic carbocycles. The van der Waals surface area contributed by atoms with Gasteiger partial charge in [-0.1, -0.05) is 13.8 Å². The predicted octanol–water partition coefficient (Wildman–Crippen LogP) is 0.631. The third-order valence-corrected chi connectivity index (χ3v) is 5.23. The lowest BCUT2D eigenvalue weighted by molar-refractivity contribution is -0.120. The van der Waals surface area contributed by atoms with Crippen LogP contribution in [-0.4, -0.2) is 16.4 Å². The first kappa shape index (κ1) is 11.5. The molecule has 1 fully saturated rings. The molecule has 0 radical (unpaired) electrons. The third kappa shape index (κ3) is 2.24. The fourth-order valence-corrected chi connectivity index (χ4v) is 3.47. The summed E-state index contributed by atoms with van der Waals surface area (Å²) in [5, 5.41) is 0. The number of nitrogens with two attached hydrogens (primary N) is 2. The Morgan fingerprint density at radius 1 is 1.21 bits per heavy atom. The zero-order valence-corrected chi connectivity index (χ0v) is 9.58. The Bertz CT molecular complexity index is 288. The first-order valence-electron chi connectivity index (χ1n) is 4.10. The van der Waals surface area contributed by atoms with Crippen molar-refractivity contribution >= 4 is 35.3 Å². The largest absolute Gasteiger partial charge is 0.365 e. The summed E-state index contributed by atoms with van der Waals surface area (Å²) in [5.41, 5.74) is 10.0. The molecule has 6 heteroatoms. The van der Waals surface area contributed by atoms with Gasteiger partial charge in [0.25, 0.3) is 11.8 Å². The van der Waals surface area contributed by atoms with Gasteiger partial charge in [-0.05, 0) is 5.92 Å². The fourth-order valence-electron chi connectivity index (χ4n) is 0.932. The van der Waals surface area contributed by atoms with Gasteiger partial charge in [-0.25, -0.2) is 0 Å². The molecule has 1 aliphatic rings. The molecule has 0 bridgehead atoms. The van der Waals surface area contributed by atoms with Crippen molar-refractivity contribution in [2.75, 3.05) is 0 Å². The van der Waals surface area contributed by atoms with Gasteiger partial charge in [0.05, 0.1) is 8.82 Å². The summed E-state index contributed by atoms with van der Waals surface area (Å²) in [7, 11) is 0. The van der Waals surface area contributed by atoms with Gasteiger partial charge in [0.1, 0.15) is 5.57 Å². The Balaban J connectivity index is 2.77. The Morgan fingerprint density at radius 2 is 1.64 bits per heavy atom. The molecule has 14 heavy (non-hydrogen) atoms. The first-order chi connectivity index (χ1) is 6.43. The molecule has 1 saturated heterocycles. The average Bonchev–Trinajstić information content (AvgIpc) is 1.92. The van der Waals surface area contributed by atoms with E-state index in [0.717, 1.165) is 0 Å². The van der Waals surface area contributed by atoms with E-state index in [0.29, 0.717) is 14.7 Å². The van der Waals surface area contributed by atoms with E-state index in [1.807, 2.05) is 0 Å². The van der Waals surface area contributed by atoms with Crippen molar-refractivity contribution < 1.29 is 9.59 Å². The van der Waals surface area contributed by atoms with Crippen LogP contribution >= 0.6 is 23.5 Å². The SMILES string of the molecule is CC(C)C1SC(=C(C(N)=O)C(N)=O)S1. The standard InChI is InChI=1S/C8H12N2O2S2/c1-3(2)7-13-8(14-7)4(5(9)11)6(10)12/h3,7H,1-2H3,(H2,9,11)(H2,10,12). The minimum absolute atomic E-state index is 0.0584. The van der Waals surface area contributed by atoms with E-state index in [4.69, 9.17) is 11.5 Å². The van der Waals surface area contributed by atoms with Gasteiger partial charge in [0, 0.05) is 0 Å². The van der Waals surface area contributed by atoms with E-state index < -0.39 is 11.8 Å². The van der Waals surface area contributed by atoms with Crippen LogP contribution in [0.1, 0.15) is 13.8 Å². The van der Waals surface area contributed by atoms with Crippen molar-refractivity contribution in [3.05, 3.63) is 9.81 Å². The van der Waals surface area contributed by atoms with Crippen molar-refractivity contribution in [3.63, 3.8) is 0 Å². The van der Waals surface area contributed by atoms with Crippen LogP contribution in [0.5, 0.6) is 0 Å². The summed E-state index contributed by atoms with van der Waals surface area (Å²) in [4.78, 5) is 21.8. The minimum Gasteiger partial charge on any atom is -0.365 e. The second-order valence-electron chi connectivity index (χ2n) is 3.24. The van der Waals surface area contributed by atoms with Crippen LogP contribution in [0.2, 0.25) is 0 Å². The van der Waals surface area contributed by atoms with Gasteiger partial charge >= 0.3 is 0 Å². The topological polar surface area (TPSA) is 86.2 Å². The Hall–Kier alpha value is -0.620. The molecule has 78 valence electrons. The number of hydrogen-bond acceptors (Lipinski definition) is 4. The lowest BCUT2D eigenvalue weighted by atomic mass is 10.3. The van der Waals surface area contributed by atoms with Gasteiger partial charge in [-0.3, -0.25) is 9.59 Å². The molecule has 1 rings (SSSR count). The number of rotatable bonds is 3. The van der Waals surface area contributed by atoms with Gasteiger partial charge < -0.3 is 11.5 Å². The fraction of sp³-hybridized carbons (Fsp3) is 0.500. The summed E-state index contributed by atoms with van der Waals surface area (Å²) >= 11 is 2.97. The van der Waals surface area contributed by atoms with Crippen molar-refractivity contribution in [2.24, 2.45) is 17.4 Å². The summed E-state index contributed by atoms with van der Waals surface area (Å²) < 4.78 is 1.04. The smallest absolute Gasteiger partial charge is 0.255 e. The molecular weight excluding hydrogens is 220 g/mol. The van der Waals surface area contributed by atoms with Crippen molar-refractivity contribution in [1.29, 1.82) is 0 Å². The molecule has 0 spiro atoms. The van der Waals surface area contributed by atoms with Gasteiger partial charge in [-0.2, -0.15) is 0 Å². The lowest BCUT2D eigenvalue weighted by Crippen LogP contribution is -2.29. The molecule has 0 aromatic carbocycles. The molecule has 4 nitrogen and oxygen atoms in total. The van der Waals surface area contributed by atoms with Gasteiger partial charge in [-0.15, -0.1) is 23.5 Å². The summed E-state index contributed by atoms with van der Waals surface area (Å²) in [6, 6.07) is 0. The third-order valence-electron chi connectivity index (χ3n) is 1.69. The second-order valence-corrected chi connectivity index (χ2v) is 6.10. The quantitative estimate of drug-likeness (QED) is 0.424. The Kier molecular flexibility index (Phi) is 3.49. The highest BCUT2D eigenvalue weighted by atomic mass is 32.3. The molecule has 0 unspecified atom stereocenters. The number of carbonyl (C=O) groups excluding carboxylic acids is 2. The van der Waals surface area contributed by atoms with Crippen LogP contribution in [0.25, 0.3) is 0 Å². The van der Waals surface area contributed by atoms with E-state index in [9.17, 15) is 9.59 Å². The molecule has 0 aromatic rings. The van der Waals surface area contributed by atoms with E-state index in [2.05, 4.69) is 13.8 Å².